The zero-order chi connectivity index (χ0) is 22.0. The van der Waals surface area contributed by atoms with Gasteiger partial charge in [-0.1, -0.05) is 35.3 Å². The molecular weight excluding hydrogens is 437 g/mol. The van der Waals surface area contributed by atoms with Crippen molar-refractivity contribution in [3.63, 3.8) is 0 Å². The average Bonchev–Trinajstić information content (AvgIpc) is 3.52. The smallest absolute Gasteiger partial charge is 0.255 e. The molecule has 164 valence electrons. The van der Waals surface area contributed by atoms with Crippen molar-refractivity contribution in [2.45, 2.75) is 31.8 Å². The van der Waals surface area contributed by atoms with Crippen LogP contribution < -0.4 is 15.4 Å². The lowest BCUT2D eigenvalue weighted by Gasteiger charge is -2.18. The summed E-state index contributed by atoms with van der Waals surface area (Å²) >= 11 is 12.3. The van der Waals surface area contributed by atoms with Gasteiger partial charge in [0, 0.05) is 42.7 Å². The normalized spacial score (nSPS) is 18.6. The number of hydrogen-bond donors (Lipinski definition) is 2. The summed E-state index contributed by atoms with van der Waals surface area (Å²) in [6.07, 6.45) is 2.67. The number of likely N-dealkylation sites (tertiary alicyclic amines) is 1. The monoisotopic (exact) mass is 461 g/mol. The van der Waals surface area contributed by atoms with E-state index in [2.05, 4.69) is 15.5 Å². The van der Waals surface area contributed by atoms with Crippen molar-refractivity contribution in [1.82, 2.24) is 10.2 Å². The Morgan fingerprint density at radius 1 is 1.13 bits per heavy atom. The molecule has 0 spiro atoms. The van der Waals surface area contributed by atoms with Gasteiger partial charge in [-0.05, 0) is 43.0 Å². The molecule has 0 bridgehead atoms. The largest absolute Gasteiger partial charge is 0.496 e. The lowest BCUT2D eigenvalue weighted by molar-refractivity contribution is -0.117. The van der Waals surface area contributed by atoms with Crippen molar-refractivity contribution in [2.75, 3.05) is 25.5 Å². The number of anilines is 1. The Morgan fingerprint density at radius 3 is 2.55 bits per heavy atom. The van der Waals surface area contributed by atoms with Crippen LogP contribution in [-0.4, -0.2) is 43.0 Å². The Hall–Kier alpha value is -2.28. The maximum Gasteiger partial charge on any atom is 0.255 e. The molecule has 1 saturated heterocycles. The molecule has 2 aliphatic rings. The first-order chi connectivity index (χ1) is 14.9. The van der Waals surface area contributed by atoms with E-state index in [1.807, 2.05) is 24.3 Å². The highest BCUT2D eigenvalue weighted by molar-refractivity contribution is 6.34. The number of amides is 2. The number of carbonyl (C=O) groups is 2. The van der Waals surface area contributed by atoms with Gasteiger partial charge in [-0.3, -0.25) is 14.5 Å². The zero-order valence-electron chi connectivity index (χ0n) is 17.3. The number of ether oxygens (including phenoxy) is 1. The molecule has 1 aliphatic carbocycles. The Kier molecular flexibility index (Phi) is 6.70. The van der Waals surface area contributed by atoms with Crippen molar-refractivity contribution in [3.8, 4) is 5.75 Å². The van der Waals surface area contributed by atoms with Gasteiger partial charge >= 0.3 is 0 Å². The number of rotatable bonds is 7. The van der Waals surface area contributed by atoms with Gasteiger partial charge in [-0.15, -0.1) is 0 Å². The van der Waals surface area contributed by atoms with Gasteiger partial charge in [0.2, 0.25) is 5.91 Å². The molecule has 2 aromatic rings. The molecule has 1 heterocycles. The molecule has 0 aromatic heterocycles. The van der Waals surface area contributed by atoms with Gasteiger partial charge in [0.05, 0.1) is 23.4 Å². The molecule has 8 heteroatoms. The molecule has 31 heavy (non-hydrogen) atoms. The molecule has 2 fully saturated rings. The van der Waals surface area contributed by atoms with E-state index in [0.29, 0.717) is 22.0 Å². The Bertz CT molecular complexity index is 977. The third-order valence-electron chi connectivity index (χ3n) is 5.67. The van der Waals surface area contributed by atoms with E-state index >= 15 is 0 Å². The molecule has 1 saturated carbocycles. The molecule has 4 rings (SSSR count). The minimum Gasteiger partial charge on any atom is -0.496 e. The van der Waals surface area contributed by atoms with E-state index < -0.39 is 0 Å². The van der Waals surface area contributed by atoms with Crippen molar-refractivity contribution in [1.29, 1.82) is 0 Å². The summed E-state index contributed by atoms with van der Waals surface area (Å²) in [7, 11) is 1.50. The van der Waals surface area contributed by atoms with Crippen LogP contribution >= 0.6 is 23.2 Å². The molecule has 0 radical (unpaired) electrons. The predicted molar refractivity (Wildman–Crippen MR) is 122 cm³/mol. The van der Waals surface area contributed by atoms with Crippen LogP contribution in [-0.2, 0) is 11.3 Å². The standard InChI is InChI=1S/C23H25Cl2N3O3/c1-31-21-11-20(27-22(29)15-4-5-15)19(25)10-18(21)23(30)26-17-8-9-28(13-17)12-14-2-6-16(24)7-3-14/h2-3,6-7,10-11,15,17H,4-5,8-9,12-13H2,1H3,(H,26,30)(H,27,29)/t17-/m0/s1. The minimum absolute atomic E-state index is 0.0394. The molecule has 6 nitrogen and oxygen atoms in total. The summed E-state index contributed by atoms with van der Waals surface area (Å²) in [5.41, 5.74) is 2.00. The van der Waals surface area contributed by atoms with Crippen LogP contribution in [0.25, 0.3) is 0 Å². The lowest BCUT2D eigenvalue weighted by atomic mass is 10.1. The van der Waals surface area contributed by atoms with Gasteiger partial charge in [-0.2, -0.15) is 0 Å². The Balaban J connectivity index is 1.38. The fourth-order valence-electron chi connectivity index (χ4n) is 3.78. The molecule has 2 aromatic carbocycles. The Morgan fingerprint density at radius 2 is 1.87 bits per heavy atom. The first-order valence-electron chi connectivity index (χ1n) is 10.4. The molecule has 1 atom stereocenters. The van der Waals surface area contributed by atoms with E-state index in [9.17, 15) is 9.59 Å². The van der Waals surface area contributed by atoms with Crippen molar-refractivity contribution in [3.05, 3.63) is 57.6 Å². The van der Waals surface area contributed by atoms with E-state index in [0.717, 1.165) is 43.9 Å². The minimum atomic E-state index is -0.239. The highest BCUT2D eigenvalue weighted by Gasteiger charge is 2.30. The topological polar surface area (TPSA) is 70.7 Å². The molecular formula is C23H25Cl2N3O3. The second kappa shape index (κ2) is 9.47. The summed E-state index contributed by atoms with van der Waals surface area (Å²) in [6, 6.07) is 11.0. The fraction of sp³-hybridized carbons (Fsp3) is 0.391. The van der Waals surface area contributed by atoms with Crippen LogP contribution in [0.5, 0.6) is 5.75 Å². The van der Waals surface area contributed by atoms with Gasteiger partial charge in [-0.25, -0.2) is 0 Å². The summed E-state index contributed by atoms with van der Waals surface area (Å²) < 4.78 is 5.40. The van der Waals surface area contributed by atoms with E-state index in [1.54, 1.807) is 12.1 Å². The highest BCUT2D eigenvalue weighted by atomic mass is 35.5. The maximum absolute atomic E-state index is 12.9. The number of halogens is 2. The van der Waals surface area contributed by atoms with E-state index in [4.69, 9.17) is 27.9 Å². The van der Waals surface area contributed by atoms with Gasteiger partial charge in [0.25, 0.3) is 5.91 Å². The van der Waals surface area contributed by atoms with Crippen LogP contribution in [0.3, 0.4) is 0 Å². The molecule has 2 N–H and O–H groups in total. The quantitative estimate of drug-likeness (QED) is 0.642. The van der Waals surface area contributed by atoms with E-state index in [1.165, 1.54) is 12.7 Å². The third kappa shape index (κ3) is 5.50. The molecule has 0 unspecified atom stereocenters. The van der Waals surface area contributed by atoms with Crippen LogP contribution in [0.2, 0.25) is 10.0 Å². The number of nitrogens with one attached hydrogen (secondary N) is 2. The summed E-state index contributed by atoms with van der Waals surface area (Å²) in [6.45, 7) is 2.48. The number of methoxy groups -OCH3 is 1. The first-order valence-corrected chi connectivity index (χ1v) is 11.1. The number of benzene rings is 2. The van der Waals surface area contributed by atoms with Crippen molar-refractivity contribution >= 4 is 40.7 Å². The lowest BCUT2D eigenvalue weighted by Crippen LogP contribution is -2.37. The van der Waals surface area contributed by atoms with E-state index in [-0.39, 0.29) is 23.8 Å². The van der Waals surface area contributed by atoms with Crippen LogP contribution in [0, 0.1) is 5.92 Å². The Labute approximate surface area is 191 Å². The molecule has 1 aliphatic heterocycles. The second-order valence-corrected chi connectivity index (χ2v) is 8.96. The predicted octanol–water partition coefficient (Wildman–Crippen LogP) is 4.35. The number of nitrogens with zero attached hydrogens (tertiary/aromatic N) is 1. The average molecular weight is 462 g/mol. The highest BCUT2D eigenvalue weighted by Crippen LogP contribution is 2.34. The number of hydrogen-bond acceptors (Lipinski definition) is 4. The number of carbonyl (C=O) groups excluding carboxylic acids is 2. The van der Waals surface area contributed by atoms with Crippen LogP contribution in [0.15, 0.2) is 36.4 Å². The zero-order valence-corrected chi connectivity index (χ0v) is 18.8. The SMILES string of the molecule is COc1cc(NC(=O)C2CC2)c(Cl)cc1C(=O)N[C@H]1CCN(Cc2ccc(Cl)cc2)C1. The van der Waals surface area contributed by atoms with Gasteiger partial charge in [0.15, 0.2) is 0 Å². The van der Waals surface area contributed by atoms with Crippen molar-refractivity contribution < 1.29 is 14.3 Å². The second-order valence-electron chi connectivity index (χ2n) is 8.12. The third-order valence-corrected chi connectivity index (χ3v) is 6.23. The first kappa shape index (κ1) is 21.9. The van der Waals surface area contributed by atoms with Crippen LogP contribution in [0.1, 0.15) is 35.2 Å². The van der Waals surface area contributed by atoms with Crippen LogP contribution in [0.4, 0.5) is 5.69 Å². The summed E-state index contributed by atoms with van der Waals surface area (Å²) in [5, 5.41) is 6.94. The van der Waals surface area contributed by atoms with Crippen molar-refractivity contribution in [2.24, 2.45) is 5.92 Å². The fourth-order valence-corrected chi connectivity index (χ4v) is 4.12. The molecule has 2 amide bonds. The van der Waals surface area contributed by atoms with Gasteiger partial charge < -0.3 is 15.4 Å². The van der Waals surface area contributed by atoms with Gasteiger partial charge in [0.1, 0.15) is 5.75 Å². The maximum atomic E-state index is 12.9. The summed E-state index contributed by atoms with van der Waals surface area (Å²) in [5.74, 6) is 0.150. The summed E-state index contributed by atoms with van der Waals surface area (Å²) in [4.78, 5) is 27.3.